The lowest BCUT2D eigenvalue weighted by molar-refractivity contribution is 0.713. The second-order valence-corrected chi connectivity index (χ2v) is 2.85. The summed E-state index contributed by atoms with van der Waals surface area (Å²) in [4.78, 5) is 0. The Labute approximate surface area is 64.6 Å². The number of allylic oxidation sites excluding steroid dienone is 3. The van der Waals surface area contributed by atoms with E-state index in [4.69, 9.17) is 0 Å². The maximum atomic E-state index is 3.70. The van der Waals surface area contributed by atoms with E-state index in [1.54, 1.807) is 5.57 Å². The summed E-state index contributed by atoms with van der Waals surface area (Å²) < 4.78 is 0. The highest BCUT2D eigenvalue weighted by Gasteiger charge is 1.98. The topological polar surface area (TPSA) is 0 Å². The van der Waals surface area contributed by atoms with Crippen LogP contribution >= 0.6 is 0 Å². The van der Waals surface area contributed by atoms with Crippen molar-refractivity contribution in [2.75, 3.05) is 0 Å². The second kappa shape index (κ2) is 5.28. The van der Waals surface area contributed by atoms with Crippen molar-refractivity contribution in [1.29, 1.82) is 0 Å². The van der Waals surface area contributed by atoms with Gasteiger partial charge in [-0.05, 0) is 25.7 Å². The quantitative estimate of drug-likeness (QED) is 0.521. The standard InChI is InChI=1S/C10H18/c1-5-7-8-10(6-2)9(3)4/h5-6,9H,1,7-8H2,2-4H3. The number of rotatable bonds is 4. The molecule has 0 bridgehead atoms. The van der Waals surface area contributed by atoms with Crippen molar-refractivity contribution in [2.24, 2.45) is 5.92 Å². The van der Waals surface area contributed by atoms with Gasteiger partial charge in [0, 0.05) is 0 Å². The monoisotopic (exact) mass is 138 g/mol. The number of hydrogen-bond donors (Lipinski definition) is 0. The highest BCUT2D eigenvalue weighted by Crippen LogP contribution is 2.15. The van der Waals surface area contributed by atoms with Crippen LogP contribution in [0, 0.1) is 5.92 Å². The van der Waals surface area contributed by atoms with Crippen molar-refractivity contribution in [1.82, 2.24) is 0 Å². The molecule has 0 fully saturated rings. The lowest BCUT2D eigenvalue weighted by Gasteiger charge is -2.08. The second-order valence-electron chi connectivity index (χ2n) is 2.85. The van der Waals surface area contributed by atoms with E-state index in [0.717, 1.165) is 6.42 Å². The minimum absolute atomic E-state index is 0.699. The van der Waals surface area contributed by atoms with Gasteiger partial charge in [0.25, 0.3) is 0 Å². The predicted molar refractivity (Wildman–Crippen MR) is 48.0 cm³/mol. The third kappa shape index (κ3) is 3.49. The van der Waals surface area contributed by atoms with Crippen molar-refractivity contribution in [3.8, 4) is 0 Å². The molecule has 0 radical (unpaired) electrons. The van der Waals surface area contributed by atoms with Crippen LogP contribution in [0.2, 0.25) is 0 Å². The third-order valence-corrected chi connectivity index (χ3v) is 1.75. The summed E-state index contributed by atoms with van der Waals surface area (Å²) in [6, 6.07) is 0. The molecule has 0 unspecified atom stereocenters. The summed E-state index contributed by atoms with van der Waals surface area (Å²) in [7, 11) is 0. The minimum Gasteiger partial charge on any atom is -0.103 e. The normalized spacial score (nSPS) is 12.2. The van der Waals surface area contributed by atoms with Gasteiger partial charge >= 0.3 is 0 Å². The molecule has 0 saturated heterocycles. The Morgan fingerprint density at radius 2 is 2.10 bits per heavy atom. The summed E-state index contributed by atoms with van der Waals surface area (Å²) >= 11 is 0. The van der Waals surface area contributed by atoms with Crippen LogP contribution < -0.4 is 0 Å². The van der Waals surface area contributed by atoms with E-state index < -0.39 is 0 Å². The van der Waals surface area contributed by atoms with E-state index in [2.05, 4.69) is 33.4 Å². The summed E-state index contributed by atoms with van der Waals surface area (Å²) in [6.07, 6.45) is 6.48. The highest BCUT2D eigenvalue weighted by atomic mass is 14.0. The van der Waals surface area contributed by atoms with Crippen LogP contribution in [-0.2, 0) is 0 Å². The zero-order chi connectivity index (χ0) is 7.98. The summed E-state index contributed by atoms with van der Waals surface area (Å²) in [5.74, 6) is 0.699. The molecule has 58 valence electrons. The fourth-order valence-electron chi connectivity index (χ4n) is 1.04. The third-order valence-electron chi connectivity index (χ3n) is 1.75. The molecule has 0 atom stereocenters. The Kier molecular flexibility index (Phi) is 5.00. The molecule has 0 heteroatoms. The smallest absolute Gasteiger partial charge is 0.0260 e. The first-order valence-corrected chi connectivity index (χ1v) is 3.98. The molecule has 0 nitrogen and oxygen atoms in total. The van der Waals surface area contributed by atoms with Gasteiger partial charge in [-0.2, -0.15) is 0 Å². The molecule has 0 saturated carbocycles. The Balaban J connectivity index is 3.73. The van der Waals surface area contributed by atoms with Crippen molar-refractivity contribution < 1.29 is 0 Å². The van der Waals surface area contributed by atoms with Crippen molar-refractivity contribution in [3.63, 3.8) is 0 Å². The summed E-state index contributed by atoms with van der Waals surface area (Å²) in [5.41, 5.74) is 1.54. The van der Waals surface area contributed by atoms with Crippen LogP contribution in [0.15, 0.2) is 24.3 Å². The van der Waals surface area contributed by atoms with E-state index in [-0.39, 0.29) is 0 Å². The fourth-order valence-corrected chi connectivity index (χ4v) is 1.04. The van der Waals surface area contributed by atoms with Gasteiger partial charge in [0.1, 0.15) is 0 Å². The molecule has 0 aromatic carbocycles. The SMILES string of the molecule is C=CCCC(=CC)C(C)C. The average Bonchev–Trinajstić information content (AvgIpc) is 1.89. The van der Waals surface area contributed by atoms with Gasteiger partial charge < -0.3 is 0 Å². The lowest BCUT2D eigenvalue weighted by atomic mass is 9.98. The minimum atomic E-state index is 0.699. The molecule has 0 aromatic heterocycles. The van der Waals surface area contributed by atoms with Crippen LogP contribution in [0.4, 0.5) is 0 Å². The van der Waals surface area contributed by atoms with E-state index >= 15 is 0 Å². The van der Waals surface area contributed by atoms with Crippen molar-refractivity contribution in [3.05, 3.63) is 24.3 Å². The molecular formula is C10H18. The Morgan fingerprint density at radius 3 is 2.40 bits per heavy atom. The predicted octanol–water partition coefficient (Wildman–Crippen LogP) is 3.55. The Hall–Kier alpha value is -0.520. The largest absolute Gasteiger partial charge is 0.103 e. The van der Waals surface area contributed by atoms with Gasteiger partial charge in [-0.15, -0.1) is 6.58 Å². The zero-order valence-corrected chi connectivity index (χ0v) is 7.35. The van der Waals surface area contributed by atoms with Crippen LogP contribution in [0.1, 0.15) is 33.6 Å². The molecule has 0 spiro atoms. The van der Waals surface area contributed by atoms with Crippen LogP contribution in [0.3, 0.4) is 0 Å². The molecule has 0 rings (SSSR count). The molecule has 0 aliphatic rings. The molecule has 0 aliphatic carbocycles. The van der Waals surface area contributed by atoms with Gasteiger partial charge in [-0.1, -0.05) is 31.6 Å². The van der Waals surface area contributed by atoms with Gasteiger partial charge in [-0.25, -0.2) is 0 Å². The Morgan fingerprint density at radius 1 is 1.50 bits per heavy atom. The maximum absolute atomic E-state index is 3.70. The fraction of sp³-hybridized carbons (Fsp3) is 0.600. The van der Waals surface area contributed by atoms with E-state index in [1.165, 1.54) is 6.42 Å². The molecule has 0 amide bonds. The lowest BCUT2D eigenvalue weighted by Crippen LogP contribution is -1.92. The first-order chi connectivity index (χ1) is 4.72. The summed E-state index contributed by atoms with van der Waals surface area (Å²) in [6.45, 7) is 10.3. The maximum Gasteiger partial charge on any atom is -0.0260 e. The molecule has 0 heterocycles. The molecule has 0 aliphatic heterocycles. The van der Waals surface area contributed by atoms with Crippen LogP contribution in [0.5, 0.6) is 0 Å². The van der Waals surface area contributed by atoms with Gasteiger partial charge in [0.15, 0.2) is 0 Å². The van der Waals surface area contributed by atoms with E-state index in [9.17, 15) is 0 Å². The van der Waals surface area contributed by atoms with E-state index in [0.29, 0.717) is 5.92 Å². The van der Waals surface area contributed by atoms with Crippen molar-refractivity contribution >= 4 is 0 Å². The average molecular weight is 138 g/mol. The first kappa shape index (κ1) is 9.48. The number of hydrogen-bond acceptors (Lipinski definition) is 0. The highest BCUT2D eigenvalue weighted by molar-refractivity contribution is 5.03. The van der Waals surface area contributed by atoms with Gasteiger partial charge in [0.05, 0.1) is 0 Å². The zero-order valence-electron chi connectivity index (χ0n) is 7.35. The van der Waals surface area contributed by atoms with Crippen LogP contribution in [-0.4, -0.2) is 0 Å². The molecule has 0 N–H and O–H groups in total. The van der Waals surface area contributed by atoms with Gasteiger partial charge in [-0.3, -0.25) is 0 Å². The van der Waals surface area contributed by atoms with Gasteiger partial charge in [0.2, 0.25) is 0 Å². The van der Waals surface area contributed by atoms with Crippen LogP contribution in [0.25, 0.3) is 0 Å². The molecule has 10 heavy (non-hydrogen) atoms. The molecular weight excluding hydrogens is 120 g/mol. The first-order valence-electron chi connectivity index (χ1n) is 3.98. The Bertz CT molecular complexity index is 118. The van der Waals surface area contributed by atoms with Crippen molar-refractivity contribution in [2.45, 2.75) is 33.6 Å². The molecule has 0 aromatic rings. The van der Waals surface area contributed by atoms with E-state index in [1.807, 2.05) is 6.08 Å². The summed E-state index contributed by atoms with van der Waals surface area (Å²) in [5, 5.41) is 0.